The average molecular weight is 338 g/mol. The van der Waals surface area contributed by atoms with Crippen LogP contribution in [0, 0.1) is 0 Å². The zero-order chi connectivity index (χ0) is 16.8. The molecule has 0 fully saturated rings. The van der Waals surface area contributed by atoms with Gasteiger partial charge in [-0.05, 0) is 18.1 Å². The summed E-state index contributed by atoms with van der Waals surface area (Å²) in [5.74, 6) is 0.599. The zero-order valence-corrected chi connectivity index (χ0v) is 14.1. The van der Waals surface area contributed by atoms with E-state index in [0.717, 1.165) is 28.5 Å². The lowest BCUT2D eigenvalue weighted by molar-refractivity contribution is -0.117. The molecule has 2 heterocycles. The number of H-pyrrole nitrogens is 1. The van der Waals surface area contributed by atoms with E-state index in [4.69, 9.17) is 0 Å². The molecule has 2 N–H and O–H groups in total. The summed E-state index contributed by atoms with van der Waals surface area (Å²) in [5.41, 5.74) is 2.01. The maximum atomic E-state index is 12.1. The molecule has 1 aromatic carbocycles. The van der Waals surface area contributed by atoms with Crippen LogP contribution in [0.15, 0.2) is 54.2 Å². The molecule has 2 aromatic heterocycles. The Labute approximate surface area is 144 Å². The van der Waals surface area contributed by atoms with Crippen molar-refractivity contribution in [3.05, 3.63) is 65.0 Å². The number of benzene rings is 1. The van der Waals surface area contributed by atoms with Gasteiger partial charge >= 0.3 is 0 Å². The van der Waals surface area contributed by atoms with Gasteiger partial charge in [0.2, 0.25) is 5.91 Å². The highest BCUT2D eigenvalue weighted by molar-refractivity contribution is 7.10. The van der Waals surface area contributed by atoms with E-state index in [0.29, 0.717) is 0 Å². The summed E-state index contributed by atoms with van der Waals surface area (Å²) in [7, 11) is 0. The minimum Gasteiger partial charge on any atom is -0.343 e. The Kier molecular flexibility index (Phi) is 5.18. The van der Waals surface area contributed by atoms with Crippen molar-refractivity contribution in [2.45, 2.75) is 19.4 Å². The van der Waals surface area contributed by atoms with Gasteiger partial charge in [-0.25, -0.2) is 9.97 Å². The Hall–Kier alpha value is -2.73. The van der Waals surface area contributed by atoms with Crippen LogP contribution in [0.2, 0.25) is 0 Å². The minimum atomic E-state index is -0.158. The van der Waals surface area contributed by atoms with E-state index in [2.05, 4.69) is 20.3 Å². The molecule has 0 spiro atoms. The van der Waals surface area contributed by atoms with Crippen molar-refractivity contribution < 1.29 is 4.79 Å². The van der Waals surface area contributed by atoms with Crippen LogP contribution in [-0.4, -0.2) is 20.9 Å². The normalized spacial score (nSPS) is 12.4. The number of imidazole rings is 1. The summed E-state index contributed by atoms with van der Waals surface area (Å²) >= 11 is 1.49. The third-order valence-electron chi connectivity index (χ3n) is 3.56. The molecule has 0 saturated heterocycles. The molecule has 1 atom stereocenters. The molecule has 0 unspecified atom stereocenters. The lowest BCUT2D eigenvalue weighted by Gasteiger charge is -2.13. The van der Waals surface area contributed by atoms with Crippen molar-refractivity contribution in [1.82, 2.24) is 20.3 Å². The number of aromatic amines is 1. The predicted molar refractivity (Wildman–Crippen MR) is 96.3 cm³/mol. The maximum absolute atomic E-state index is 12.1. The monoisotopic (exact) mass is 338 g/mol. The smallest absolute Gasteiger partial charge is 0.244 e. The van der Waals surface area contributed by atoms with E-state index in [9.17, 15) is 4.79 Å². The Morgan fingerprint density at radius 3 is 2.88 bits per heavy atom. The quantitative estimate of drug-likeness (QED) is 0.671. The molecule has 0 radical (unpaired) electrons. The fourth-order valence-corrected chi connectivity index (χ4v) is 2.85. The Bertz CT molecular complexity index is 809. The molecule has 122 valence electrons. The Morgan fingerprint density at radius 2 is 2.17 bits per heavy atom. The molecule has 0 aliphatic rings. The number of amides is 1. The third kappa shape index (κ3) is 3.97. The van der Waals surface area contributed by atoms with Crippen molar-refractivity contribution in [3.8, 4) is 11.3 Å². The van der Waals surface area contributed by atoms with Crippen molar-refractivity contribution in [2.75, 3.05) is 0 Å². The molecular weight excluding hydrogens is 320 g/mol. The lowest BCUT2D eigenvalue weighted by atomic mass is 10.2. The van der Waals surface area contributed by atoms with E-state index >= 15 is 0 Å². The largest absolute Gasteiger partial charge is 0.343 e. The number of rotatable bonds is 6. The minimum absolute atomic E-state index is 0.157. The summed E-state index contributed by atoms with van der Waals surface area (Å²) in [6, 6.07) is 9.83. The van der Waals surface area contributed by atoms with Crippen LogP contribution in [0.1, 0.15) is 30.2 Å². The summed E-state index contributed by atoms with van der Waals surface area (Å²) < 4.78 is 0. The number of aromatic nitrogens is 3. The average Bonchev–Trinajstić information content (AvgIpc) is 3.30. The Morgan fingerprint density at radius 1 is 1.33 bits per heavy atom. The molecule has 0 saturated carbocycles. The third-order valence-corrected chi connectivity index (χ3v) is 4.30. The fraction of sp³-hybridized carbons (Fsp3) is 0.167. The second kappa shape index (κ2) is 7.70. The van der Waals surface area contributed by atoms with E-state index < -0.39 is 0 Å². The highest BCUT2D eigenvalue weighted by Gasteiger charge is 2.15. The summed E-state index contributed by atoms with van der Waals surface area (Å²) in [6.45, 7) is 2.01. The molecule has 3 rings (SSSR count). The molecule has 1 amide bonds. The summed E-state index contributed by atoms with van der Waals surface area (Å²) in [5, 5.41) is 5.65. The van der Waals surface area contributed by atoms with Crippen LogP contribution in [0.3, 0.4) is 0 Å². The predicted octanol–water partition coefficient (Wildman–Crippen LogP) is 3.81. The summed E-state index contributed by atoms with van der Waals surface area (Å²) in [4.78, 5) is 23.9. The van der Waals surface area contributed by atoms with Gasteiger partial charge in [0.25, 0.3) is 0 Å². The molecule has 6 heteroatoms. The first kappa shape index (κ1) is 16.1. The van der Waals surface area contributed by atoms with Gasteiger partial charge in [-0.1, -0.05) is 37.3 Å². The van der Waals surface area contributed by atoms with Crippen LogP contribution in [0.5, 0.6) is 0 Å². The van der Waals surface area contributed by atoms with Gasteiger partial charge in [0.15, 0.2) is 0 Å². The van der Waals surface area contributed by atoms with Crippen molar-refractivity contribution in [1.29, 1.82) is 0 Å². The molecule has 3 aromatic rings. The molecule has 0 aliphatic carbocycles. The van der Waals surface area contributed by atoms with Crippen LogP contribution in [-0.2, 0) is 4.79 Å². The standard InChI is InChI=1S/C18H18N4OS/c1-2-14(21-16(23)8-9-17-19-10-11-24-17)18-20-12-15(22-18)13-6-4-3-5-7-13/h3-12,14H,2H2,1H3,(H,20,22)(H,21,23)/b9-8-/t14-/m0/s1. The van der Waals surface area contributed by atoms with Crippen molar-refractivity contribution >= 4 is 23.3 Å². The number of thiazole rings is 1. The second-order valence-electron chi connectivity index (χ2n) is 5.22. The molecule has 5 nitrogen and oxygen atoms in total. The SMILES string of the molecule is CC[C@H](NC(=O)/C=C\c1nccs1)c1ncc(-c2ccccc2)[nH]1. The number of nitrogens with one attached hydrogen (secondary N) is 2. The first-order valence-electron chi connectivity index (χ1n) is 7.74. The molecule has 0 bridgehead atoms. The van der Waals surface area contributed by atoms with E-state index in [1.54, 1.807) is 18.5 Å². The topological polar surface area (TPSA) is 70.7 Å². The number of nitrogens with zero attached hydrogens (tertiary/aromatic N) is 2. The van der Waals surface area contributed by atoms with Gasteiger partial charge < -0.3 is 10.3 Å². The number of hydrogen-bond donors (Lipinski definition) is 2. The van der Waals surface area contributed by atoms with E-state index in [1.807, 2.05) is 42.6 Å². The number of carbonyl (C=O) groups excluding carboxylic acids is 1. The highest BCUT2D eigenvalue weighted by Crippen LogP contribution is 2.20. The van der Waals surface area contributed by atoms with E-state index in [-0.39, 0.29) is 11.9 Å². The lowest BCUT2D eigenvalue weighted by Crippen LogP contribution is -2.27. The van der Waals surface area contributed by atoms with Crippen molar-refractivity contribution in [2.24, 2.45) is 0 Å². The van der Waals surface area contributed by atoms with Gasteiger partial charge in [0, 0.05) is 17.7 Å². The van der Waals surface area contributed by atoms with Crippen LogP contribution >= 0.6 is 11.3 Å². The van der Waals surface area contributed by atoms with Gasteiger partial charge in [-0.2, -0.15) is 0 Å². The second-order valence-corrected chi connectivity index (χ2v) is 6.15. The Balaban J connectivity index is 1.68. The summed E-state index contributed by atoms with van der Waals surface area (Å²) in [6.07, 6.45) is 7.47. The fourth-order valence-electron chi connectivity index (χ4n) is 2.33. The van der Waals surface area contributed by atoms with E-state index in [1.165, 1.54) is 17.4 Å². The highest BCUT2D eigenvalue weighted by atomic mass is 32.1. The first-order chi connectivity index (χ1) is 11.8. The molecular formula is C18H18N4OS. The van der Waals surface area contributed by atoms with Crippen molar-refractivity contribution in [3.63, 3.8) is 0 Å². The van der Waals surface area contributed by atoms with Gasteiger partial charge in [-0.15, -0.1) is 11.3 Å². The molecule has 0 aliphatic heterocycles. The van der Waals surface area contributed by atoms with Gasteiger partial charge in [-0.3, -0.25) is 4.79 Å². The number of hydrogen-bond acceptors (Lipinski definition) is 4. The van der Waals surface area contributed by atoms with Gasteiger partial charge in [0.1, 0.15) is 10.8 Å². The maximum Gasteiger partial charge on any atom is 0.244 e. The number of carbonyl (C=O) groups is 1. The van der Waals surface area contributed by atoms with Crippen LogP contribution < -0.4 is 5.32 Å². The zero-order valence-electron chi connectivity index (χ0n) is 13.3. The van der Waals surface area contributed by atoms with Crippen LogP contribution in [0.25, 0.3) is 17.3 Å². The van der Waals surface area contributed by atoms with Gasteiger partial charge in [0.05, 0.1) is 17.9 Å². The van der Waals surface area contributed by atoms with Crippen LogP contribution in [0.4, 0.5) is 0 Å². The first-order valence-corrected chi connectivity index (χ1v) is 8.62. The molecule has 24 heavy (non-hydrogen) atoms.